The molecule has 2 heterocycles. The molecule has 5 nitrogen and oxygen atoms in total. The zero-order valence-corrected chi connectivity index (χ0v) is 16.7. The SMILES string of the molecule is CC(=O)N1CCc2ccc(NC(=O)C3c4ccccc4Oc4ccccc43)cc2C1. The van der Waals surface area contributed by atoms with Crippen LogP contribution in [0.3, 0.4) is 0 Å². The van der Waals surface area contributed by atoms with E-state index in [0.29, 0.717) is 18.0 Å². The van der Waals surface area contributed by atoms with E-state index in [1.165, 1.54) is 5.56 Å². The average Bonchev–Trinajstić information content (AvgIpc) is 2.76. The minimum atomic E-state index is -0.448. The molecule has 0 spiro atoms. The molecule has 5 heteroatoms. The molecular formula is C25H22N2O3. The molecular weight excluding hydrogens is 376 g/mol. The van der Waals surface area contributed by atoms with Gasteiger partial charge in [-0.05, 0) is 41.8 Å². The molecule has 3 aromatic carbocycles. The van der Waals surface area contributed by atoms with E-state index in [9.17, 15) is 9.59 Å². The predicted molar refractivity (Wildman–Crippen MR) is 115 cm³/mol. The summed E-state index contributed by atoms with van der Waals surface area (Å²) in [6.07, 6.45) is 0.837. The van der Waals surface area contributed by atoms with E-state index in [2.05, 4.69) is 5.32 Å². The first-order valence-electron chi connectivity index (χ1n) is 10.1. The summed E-state index contributed by atoms with van der Waals surface area (Å²) >= 11 is 0. The summed E-state index contributed by atoms with van der Waals surface area (Å²) in [4.78, 5) is 27.0. The Hall–Kier alpha value is -3.60. The molecule has 2 aliphatic heterocycles. The third-order valence-electron chi connectivity index (χ3n) is 5.87. The number of amides is 2. The number of nitrogens with one attached hydrogen (secondary N) is 1. The standard InChI is InChI=1S/C25H22N2O3/c1-16(28)27-13-12-17-10-11-19(14-18(17)15-27)26-25(29)24-20-6-2-4-8-22(20)30-23-9-5-3-7-21(23)24/h2-11,14,24H,12-13,15H2,1H3,(H,26,29). The van der Waals surface area contributed by atoms with Crippen LogP contribution in [-0.2, 0) is 22.6 Å². The Morgan fingerprint density at radius 3 is 2.27 bits per heavy atom. The Balaban J connectivity index is 1.46. The second-order valence-electron chi connectivity index (χ2n) is 7.77. The van der Waals surface area contributed by atoms with Gasteiger partial charge in [-0.25, -0.2) is 0 Å². The van der Waals surface area contributed by atoms with Crippen LogP contribution in [-0.4, -0.2) is 23.3 Å². The van der Waals surface area contributed by atoms with Crippen molar-refractivity contribution in [2.24, 2.45) is 0 Å². The van der Waals surface area contributed by atoms with Crippen LogP contribution >= 0.6 is 0 Å². The number of rotatable bonds is 2. The maximum atomic E-state index is 13.4. The topological polar surface area (TPSA) is 58.6 Å². The maximum Gasteiger partial charge on any atom is 0.236 e. The molecule has 0 unspecified atom stereocenters. The number of carbonyl (C=O) groups is 2. The van der Waals surface area contributed by atoms with Gasteiger partial charge in [0, 0.05) is 36.8 Å². The third kappa shape index (κ3) is 3.22. The van der Waals surface area contributed by atoms with E-state index in [1.807, 2.05) is 71.6 Å². The lowest BCUT2D eigenvalue weighted by Gasteiger charge is -2.29. The summed E-state index contributed by atoms with van der Waals surface area (Å²) in [5.74, 6) is 0.941. The molecule has 2 amide bonds. The van der Waals surface area contributed by atoms with Crippen LogP contribution in [0, 0.1) is 0 Å². The van der Waals surface area contributed by atoms with Crippen LogP contribution in [0.5, 0.6) is 11.5 Å². The molecule has 1 N–H and O–H groups in total. The minimum Gasteiger partial charge on any atom is -0.457 e. The molecule has 0 bridgehead atoms. The van der Waals surface area contributed by atoms with Gasteiger partial charge in [0.15, 0.2) is 0 Å². The highest BCUT2D eigenvalue weighted by Crippen LogP contribution is 2.44. The molecule has 5 rings (SSSR count). The first-order chi connectivity index (χ1) is 14.6. The summed E-state index contributed by atoms with van der Waals surface area (Å²) in [5.41, 5.74) is 4.77. The Bertz CT molecular complexity index is 1110. The van der Waals surface area contributed by atoms with E-state index in [4.69, 9.17) is 4.74 Å². The van der Waals surface area contributed by atoms with E-state index in [-0.39, 0.29) is 11.8 Å². The number of fused-ring (bicyclic) bond motifs is 3. The van der Waals surface area contributed by atoms with E-state index in [0.717, 1.165) is 35.3 Å². The van der Waals surface area contributed by atoms with Gasteiger partial charge in [0.25, 0.3) is 0 Å². The molecule has 0 fully saturated rings. The zero-order valence-electron chi connectivity index (χ0n) is 16.7. The predicted octanol–water partition coefficient (Wildman–Crippen LogP) is 4.47. The van der Waals surface area contributed by atoms with Crippen molar-refractivity contribution in [2.45, 2.75) is 25.8 Å². The summed E-state index contributed by atoms with van der Waals surface area (Å²) in [5, 5.41) is 3.09. The molecule has 3 aromatic rings. The Morgan fingerprint density at radius 1 is 0.933 bits per heavy atom. The molecule has 30 heavy (non-hydrogen) atoms. The lowest BCUT2D eigenvalue weighted by molar-refractivity contribution is -0.129. The van der Waals surface area contributed by atoms with E-state index in [1.54, 1.807) is 6.92 Å². The average molecular weight is 398 g/mol. The van der Waals surface area contributed by atoms with Gasteiger partial charge in [0.1, 0.15) is 11.5 Å². The van der Waals surface area contributed by atoms with Crippen molar-refractivity contribution >= 4 is 17.5 Å². The maximum absolute atomic E-state index is 13.4. The van der Waals surface area contributed by atoms with Gasteiger partial charge in [-0.2, -0.15) is 0 Å². The number of ether oxygens (including phenoxy) is 1. The van der Waals surface area contributed by atoms with Gasteiger partial charge in [-0.1, -0.05) is 42.5 Å². The van der Waals surface area contributed by atoms with Crippen LogP contribution < -0.4 is 10.1 Å². The summed E-state index contributed by atoms with van der Waals surface area (Å²) in [6.45, 7) is 2.91. The highest BCUT2D eigenvalue weighted by Gasteiger charge is 2.32. The van der Waals surface area contributed by atoms with Crippen LogP contribution in [0.25, 0.3) is 0 Å². The van der Waals surface area contributed by atoms with Crippen LogP contribution in [0.4, 0.5) is 5.69 Å². The number of hydrogen-bond acceptors (Lipinski definition) is 3. The minimum absolute atomic E-state index is 0.0745. The number of carbonyl (C=O) groups excluding carboxylic acids is 2. The monoisotopic (exact) mass is 398 g/mol. The van der Waals surface area contributed by atoms with Crippen molar-refractivity contribution in [3.63, 3.8) is 0 Å². The normalized spacial score (nSPS) is 14.8. The zero-order chi connectivity index (χ0) is 20.7. The van der Waals surface area contributed by atoms with E-state index < -0.39 is 5.92 Å². The Kier molecular flexibility index (Phi) is 4.51. The quantitative estimate of drug-likeness (QED) is 0.693. The van der Waals surface area contributed by atoms with Crippen LogP contribution in [0.15, 0.2) is 66.7 Å². The Labute approximate surface area is 175 Å². The number of para-hydroxylation sites is 2. The third-order valence-corrected chi connectivity index (χ3v) is 5.87. The molecule has 2 aliphatic rings. The molecule has 0 aliphatic carbocycles. The largest absolute Gasteiger partial charge is 0.457 e. The van der Waals surface area contributed by atoms with Gasteiger partial charge in [0.05, 0.1) is 5.92 Å². The van der Waals surface area contributed by atoms with Crippen molar-refractivity contribution in [1.82, 2.24) is 4.90 Å². The molecule has 150 valence electrons. The number of anilines is 1. The smallest absolute Gasteiger partial charge is 0.236 e. The highest BCUT2D eigenvalue weighted by atomic mass is 16.5. The van der Waals surface area contributed by atoms with Crippen LogP contribution in [0.1, 0.15) is 35.1 Å². The number of nitrogens with zero attached hydrogens (tertiary/aromatic N) is 1. The van der Waals surface area contributed by atoms with Crippen molar-refractivity contribution in [1.29, 1.82) is 0 Å². The van der Waals surface area contributed by atoms with Gasteiger partial charge in [0.2, 0.25) is 11.8 Å². The highest BCUT2D eigenvalue weighted by molar-refractivity contribution is 5.99. The molecule has 0 saturated carbocycles. The van der Waals surface area contributed by atoms with Crippen molar-refractivity contribution in [3.8, 4) is 11.5 Å². The van der Waals surface area contributed by atoms with Gasteiger partial charge in [-0.15, -0.1) is 0 Å². The van der Waals surface area contributed by atoms with Crippen molar-refractivity contribution < 1.29 is 14.3 Å². The molecule has 0 atom stereocenters. The number of hydrogen-bond donors (Lipinski definition) is 1. The number of benzene rings is 3. The summed E-state index contributed by atoms with van der Waals surface area (Å²) in [6, 6.07) is 21.3. The molecule has 0 radical (unpaired) electrons. The van der Waals surface area contributed by atoms with Crippen molar-refractivity contribution in [2.75, 3.05) is 11.9 Å². The second kappa shape index (κ2) is 7.34. The van der Waals surface area contributed by atoms with Gasteiger partial charge in [-0.3, -0.25) is 9.59 Å². The fraction of sp³-hybridized carbons (Fsp3) is 0.200. The summed E-state index contributed by atoms with van der Waals surface area (Å²) < 4.78 is 6.00. The van der Waals surface area contributed by atoms with E-state index >= 15 is 0 Å². The second-order valence-corrected chi connectivity index (χ2v) is 7.77. The first kappa shape index (κ1) is 18.4. The van der Waals surface area contributed by atoms with Crippen molar-refractivity contribution in [3.05, 3.63) is 89.0 Å². The fourth-order valence-electron chi connectivity index (χ4n) is 4.31. The molecule has 0 aromatic heterocycles. The fourth-order valence-corrected chi connectivity index (χ4v) is 4.31. The van der Waals surface area contributed by atoms with Gasteiger partial charge >= 0.3 is 0 Å². The summed E-state index contributed by atoms with van der Waals surface area (Å²) in [7, 11) is 0. The molecule has 0 saturated heterocycles. The lowest BCUT2D eigenvalue weighted by Crippen LogP contribution is -2.34. The van der Waals surface area contributed by atoms with Crippen LogP contribution in [0.2, 0.25) is 0 Å². The first-order valence-corrected chi connectivity index (χ1v) is 10.1. The lowest BCUT2D eigenvalue weighted by atomic mass is 9.87. The van der Waals surface area contributed by atoms with Gasteiger partial charge < -0.3 is 15.0 Å². The Morgan fingerprint density at radius 2 is 1.60 bits per heavy atom.